The average molecular weight is 342 g/mol. The standard InChI is InChI=1S/C16H26N2O4S/c1-15(2,3)13(20)18-7-4-5-11(9-18)12(19)17-16(14(21)22)6-8-23-10-16/h11H,4-10H2,1-3H3,(H,17,19)(H,21,22). The third-order valence-electron chi connectivity index (χ3n) is 4.51. The zero-order valence-corrected chi connectivity index (χ0v) is 14.9. The number of hydrogen-bond acceptors (Lipinski definition) is 4. The molecule has 2 heterocycles. The second kappa shape index (κ2) is 6.71. The number of piperidine rings is 1. The van der Waals surface area contributed by atoms with Crippen molar-refractivity contribution in [3.8, 4) is 0 Å². The van der Waals surface area contributed by atoms with Crippen LogP contribution in [0.15, 0.2) is 0 Å². The van der Waals surface area contributed by atoms with Crippen LogP contribution in [0.4, 0.5) is 0 Å². The SMILES string of the molecule is CC(C)(C)C(=O)N1CCCC(C(=O)NC2(C(=O)O)CCSC2)C1. The number of nitrogens with zero attached hydrogens (tertiary/aromatic N) is 1. The number of aliphatic carboxylic acids is 1. The highest BCUT2D eigenvalue weighted by Crippen LogP contribution is 2.30. The summed E-state index contributed by atoms with van der Waals surface area (Å²) in [5.74, 6) is -0.330. The first-order valence-electron chi connectivity index (χ1n) is 8.08. The van der Waals surface area contributed by atoms with Crippen LogP contribution in [0.25, 0.3) is 0 Å². The van der Waals surface area contributed by atoms with Crippen molar-refractivity contribution in [2.45, 2.75) is 45.6 Å². The Morgan fingerprint density at radius 1 is 1.30 bits per heavy atom. The normalized spacial score (nSPS) is 28.5. The molecule has 2 saturated heterocycles. The Bertz CT molecular complexity index is 495. The Labute approximate surface area is 141 Å². The van der Waals surface area contributed by atoms with E-state index in [-0.39, 0.29) is 17.7 Å². The maximum atomic E-state index is 12.6. The Kier molecular flexibility index (Phi) is 5.28. The van der Waals surface area contributed by atoms with Crippen molar-refractivity contribution in [3.63, 3.8) is 0 Å². The van der Waals surface area contributed by atoms with Crippen LogP contribution in [-0.4, -0.2) is 57.9 Å². The van der Waals surface area contributed by atoms with Gasteiger partial charge in [-0.15, -0.1) is 0 Å². The molecule has 23 heavy (non-hydrogen) atoms. The van der Waals surface area contributed by atoms with Gasteiger partial charge in [-0.3, -0.25) is 9.59 Å². The number of carboxylic acids is 1. The lowest BCUT2D eigenvalue weighted by Gasteiger charge is -2.37. The summed E-state index contributed by atoms with van der Waals surface area (Å²) in [7, 11) is 0. The first-order valence-corrected chi connectivity index (χ1v) is 9.24. The summed E-state index contributed by atoms with van der Waals surface area (Å²) in [6, 6.07) is 0. The van der Waals surface area contributed by atoms with Crippen LogP contribution >= 0.6 is 11.8 Å². The summed E-state index contributed by atoms with van der Waals surface area (Å²) in [5, 5.41) is 12.2. The zero-order valence-electron chi connectivity index (χ0n) is 14.1. The Morgan fingerprint density at radius 3 is 2.52 bits per heavy atom. The molecule has 0 saturated carbocycles. The molecular weight excluding hydrogens is 316 g/mol. The molecule has 0 spiro atoms. The molecule has 2 aliphatic heterocycles. The molecule has 0 radical (unpaired) electrons. The van der Waals surface area contributed by atoms with Crippen LogP contribution in [-0.2, 0) is 14.4 Å². The fourth-order valence-corrected chi connectivity index (χ4v) is 4.40. The van der Waals surface area contributed by atoms with Gasteiger partial charge in [-0.25, -0.2) is 4.79 Å². The van der Waals surface area contributed by atoms with Crippen LogP contribution in [0.3, 0.4) is 0 Å². The van der Waals surface area contributed by atoms with Crippen molar-refractivity contribution >= 4 is 29.5 Å². The number of rotatable bonds is 3. The molecule has 0 bridgehead atoms. The van der Waals surface area contributed by atoms with E-state index in [2.05, 4.69) is 5.32 Å². The summed E-state index contributed by atoms with van der Waals surface area (Å²) in [4.78, 5) is 38.3. The molecule has 2 atom stereocenters. The predicted octanol–water partition coefficient (Wildman–Crippen LogP) is 1.35. The van der Waals surface area contributed by atoms with Crippen molar-refractivity contribution in [2.75, 3.05) is 24.6 Å². The van der Waals surface area contributed by atoms with E-state index in [0.717, 1.165) is 12.2 Å². The lowest BCUT2D eigenvalue weighted by atomic mass is 9.90. The number of carboxylic acid groups (broad SMARTS) is 1. The number of likely N-dealkylation sites (tertiary alicyclic amines) is 1. The predicted molar refractivity (Wildman–Crippen MR) is 89.2 cm³/mol. The minimum absolute atomic E-state index is 0.0411. The fraction of sp³-hybridized carbons (Fsp3) is 0.812. The topological polar surface area (TPSA) is 86.7 Å². The van der Waals surface area contributed by atoms with Gasteiger partial charge in [0.25, 0.3) is 0 Å². The number of hydrogen-bond donors (Lipinski definition) is 2. The van der Waals surface area contributed by atoms with E-state index in [9.17, 15) is 19.5 Å². The number of carbonyl (C=O) groups excluding carboxylic acids is 2. The van der Waals surface area contributed by atoms with Crippen molar-refractivity contribution < 1.29 is 19.5 Å². The Morgan fingerprint density at radius 2 is 2.00 bits per heavy atom. The van der Waals surface area contributed by atoms with Gasteiger partial charge in [0.05, 0.1) is 5.92 Å². The summed E-state index contributed by atoms with van der Waals surface area (Å²) in [6.45, 7) is 6.65. The molecule has 2 unspecified atom stereocenters. The summed E-state index contributed by atoms with van der Waals surface area (Å²) >= 11 is 1.55. The van der Waals surface area contributed by atoms with Gasteiger partial charge in [-0.1, -0.05) is 20.8 Å². The highest BCUT2D eigenvalue weighted by Gasteiger charge is 2.45. The number of thioether (sulfide) groups is 1. The fourth-order valence-electron chi connectivity index (χ4n) is 3.07. The van der Waals surface area contributed by atoms with Gasteiger partial charge in [-0.05, 0) is 25.0 Å². The van der Waals surface area contributed by atoms with E-state index < -0.39 is 16.9 Å². The minimum Gasteiger partial charge on any atom is -0.479 e. The summed E-state index contributed by atoms with van der Waals surface area (Å²) in [5.41, 5.74) is -1.61. The van der Waals surface area contributed by atoms with Gasteiger partial charge < -0.3 is 15.3 Å². The molecule has 2 fully saturated rings. The molecule has 2 amide bonds. The van der Waals surface area contributed by atoms with Crippen LogP contribution in [0.5, 0.6) is 0 Å². The zero-order chi connectivity index (χ0) is 17.3. The largest absolute Gasteiger partial charge is 0.479 e. The highest BCUT2D eigenvalue weighted by molar-refractivity contribution is 7.99. The van der Waals surface area contributed by atoms with Crippen molar-refractivity contribution in [3.05, 3.63) is 0 Å². The van der Waals surface area contributed by atoms with E-state index >= 15 is 0 Å². The summed E-state index contributed by atoms with van der Waals surface area (Å²) in [6.07, 6.45) is 1.92. The molecule has 130 valence electrons. The Hall–Kier alpha value is -1.24. The second-order valence-corrected chi connectivity index (χ2v) is 8.62. The molecule has 7 heteroatoms. The number of nitrogens with one attached hydrogen (secondary N) is 1. The van der Waals surface area contributed by atoms with E-state index in [1.165, 1.54) is 0 Å². The van der Waals surface area contributed by atoms with E-state index in [1.807, 2.05) is 20.8 Å². The average Bonchev–Trinajstić information content (AvgIpc) is 2.95. The summed E-state index contributed by atoms with van der Waals surface area (Å²) < 4.78 is 0. The number of amides is 2. The van der Waals surface area contributed by atoms with Crippen LogP contribution in [0.2, 0.25) is 0 Å². The van der Waals surface area contributed by atoms with Crippen LogP contribution in [0.1, 0.15) is 40.0 Å². The van der Waals surface area contributed by atoms with Crippen molar-refractivity contribution in [1.29, 1.82) is 0 Å². The number of carbonyl (C=O) groups is 3. The first-order chi connectivity index (χ1) is 10.7. The van der Waals surface area contributed by atoms with Crippen molar-refractivity contribution in [2.24, 2.45) is 11.3 Å². The van der Waals surface area contributed by atoms with E-state index in [1.54, 1.807) is 16.7 Å². The van der Waals surface area contributed by atoms with Crippen LogP contribution < -0.4 is 5.32 Å². The van der Waals surface area contributed by atoms with Gasteiger partial charge in [0.15, 0.2) is 0 Å². The maximum absolute atomic E-state index is 12.6. The van der Waals surface area contributed by atoms with Gasteiger partial charge in [0.1, 0.15) is 5.54 Å². The lowest BCUT2D eigenvalue weighted by Crippen LogP contribution is -2.58. The van der Waals surface area contributed by atoms with Gasteiger partial charge >= 0.3 is 5.97 Å². The molecular formula is C16H26N2O4S. The van der Waals surface area contributed by atoms with Crippen molar-refractivity contribution in [1.82, 2.24) is 10.2 Å². The molecule has 0 aromatic rings. The van der Waals surface area contributed by atoms with E-state index in [4.69, 9.17) is 0 Å². The Balaban J connectivity index is 2.02. The minimum atomic E-state index is -1.14. The van der Waals surface area contributed by atoms with E-state index in [0.29, 0.717) is 31.7 Å². The van der Waals surface area contributed by atoms with Gasteiger partial charge in [-0.2, -0.15) is 11.8 Å². The third-order valence-corrected chi connectivity index (χ3v) is 5.70. The van der Waals surface area contributed by atoms with Crippen LogP contribution in [0, 0.1) is 11.3 Å². The highest BCUT2D eigenvalue weighted by atomic mass is 32.2. The quantitative estimate of drug-likeness (QED) is 0.808. The van der Waals surface area contributed by atoms with Gasteiger partial charge in [0, 0.05) is 24.3 Å². The van der Waals surface area contributed by atoms with Gasteiger partial charge in [0.2, 0.25) is 11.8 Å². The third kappa shape index (κ3) is 4.00. The smallest absolute Gasteiger partial charge is 0.330 e. The lowest BCUT2D eigenvalue weighted by molar-refractivity contribution is -0.149. The molecule has 0 aromatic carbocycles. The molecule has 6 nitrogen and oxygen atoms in total. The first kappa shape index (κ1) is 18.1. The maximum Gasteiger partial charge on any atom is 0.330 e. The monoisotopic (exact) mass is 342 g/mol. The molecule has 2 aliphatic rings. The molecule has 0 aromatic heterocycles. The second-order valence-electron chi connectivity index (χ2n) is 7.52. The molecule has 2 N–H and O–H groups in total. The molecule has 0 aliphatic carbocycles. The molecule has 2 rings (SSSR count).